The van der Waals surface area contributed by atoms with E-state index in [-0.39, 0.29) is 49.0 Å². The van der Waals surface area contributed by atoms with Gasteiger partial charge in [-0.2, -0.15) is 8.42 Å². The van der Waals surface area contributed by atoms with Crippen LogP contribution in [0.4, 0.5) is 4.79 Å². The lowest BCUT2D eigenvalue weighted by molar-refractivity contribution is -0.155. The average molecular weight is 863 g/mol. The topological polar surface area (TPSA) is 171 Å². The fourth-order valence-corrected chi connectivity index (χ4v) is 8.27. The number of carbonyl (C=O) groups is 4. The predicted molar refractivity (Wildman–Crippen MR) is 230 cm³/mol. The number of hydrogen-bond acceptors (Lipinski definition) is 11. The van der Waals surface area contributed by atoms with Crippen molar-refractivity contribution >= 4 is 34.0 Å². The molecule has 332 valence electrons. The van der Waals surface area contributed by atoms with Gasteiger partial charge in [0.1, 0.15) is 30.2 Å². The molecule has 3 amide bonds. The fraction of sp³-hybridized carbons (Fsp3) is 0.543. The van der Waals surface area contributed by atoms with Crippen LogP contribution in [0.5, 0.6) is 5.75 Å². The van der Waals surface area contributed by atoms with Gasteiger partial charge in [0.2, 0.25) is 11.8 Å². The molecule has 3 heterocycles. The summed E-state index contributed by atoms with van der Waals surface area (Å²) in [4.78, 5) is 61.1. The van der Waals surface area contributed by atoms with Crippen LogP contribution in [0.2, 0.25) is 0 Å². The molecule has 0 saturated carbocycles. The van der Waals surface area contributed by atoms with Crippen LogP contribution >= 0.6 is 0 Å². The van der Waals surface area contributed by atoms with Crippen molar-refractivity contribution in [2.45, 2.75) is 116 Å². The molecule has 2 saturated heterocycles. The van der Waals surface area contributed by atoms with Gasteiger partial charge in [-0.05, 0) is 128 Å². The summed E-state index contributed by atoms with van der Waals surface area (Å²) in [5.74, 6) is -0.375. The summed E-state index contributed by atoms with van der Waals surface area (Å²) >= 11 is 0. The molecule has 0 bridgehead atoms. The van der Waals surface area contributed by atoms with E-state index in [9.17, 15) is 27.6 Å². The molecule has 0 spiro atoms. The molecule has 2 aliphatic heterocycles. The van der Waals surface area contributed by atoms with Gasteiger partial charge < -0.3 is 29.3 Å². The van der Waals surface area contributed by atoms with Gasteiger partial charge in [0.15, 0.2) is 0 Å². The quantitative estimate of drug-likeness (QED) is 0.0918. The zero-order chi connectivity index (χ0) is 44.4. The van der Waals surface area contributed by atoms with E-state index in [1.807, 2.05) is 39.8 Å². The number of pyridine rings is 1. The lowest BCUT2D eigenvalue weighted by Gasteiger charge is -2.35. The third-order valence-corrected chi connectivity index (χ3v) is 11.8. The number of hydrogen-bond donors (Lipinski definition) is 1. The molecule has 2 fully saturated rings. The number of nitrogens with zero attached hydrogens (tertiary/aromatic N) is 3. The molecule has 14 nitrogen and oxygen atoms in total. The number of esters is 1. The maximum Gasteiger partial charge on any atom is 0.410 e. The summed E-state index contributed by atoms with van der Waals surface area (Å²) in [6.45, 7) is 14.6. The predicted octanol–water partition coefficient (Wildman–Crippen LogP) is 7.40. The first-order valence-electron chi connectivity index (χ1n) is 21.2. The Balaban J connectivity index is 1.19. The van der Waals surface area contributed by atoms with Crippen LogP contribution in [0.15, 0.2) is 71.9 Å². The van der Waals surface area contributed by atoms with Crippen LogP contribution in [0.25, 0.3) is 11.1 Å². The van der Waals surface area contributed by atoms with Gasteiger partial charge >= 0.3 is 12.1 Å². The Hall–Kier alpha value is -5.02. The van der Waals surface area contributed by atoms with Crippen molar-refractivity contribution in [2.75, 3.05) is 39.4 Å². The summed E-state index contributed by atoms with van der Waals surface area (Å²) in [5.41, 5.74) is 1.70. The highest BCUT2D eigenvalue weighted by Crippen LogP contribution is 2.29. The number of carbonyl (C=O) groups excluding carboxylic acids is 4. The average Bonchev–Trinajstić information content (AvgIpc) is 3.20. The number of aryl methyl sites for hydroxylation is 1. The van der Waals surface area contributed by atoms with E-state index in [1.165, 1.54) is 12.1 Å². The molecule has 61 heavy (non-hydrogen) atoms. The first-order valence-corrected chi connectivity index (χ1v) is 22.6. The summed E-state index contributed by atoms with van der Waals surface area (Å²) in [5, 5.41) is 3.09. The maximum absolute atomic E-state index is 13.9. The third-order valence-electron chi connectivity index (χ3n) is 10.5. The van der Waals surface area contributed by atoms with E-state index in [2.05, 4.69) is 10.3 Å². The van der Waals surface area contributed by atoms with Gasteiger partial charge in [-0.15, -0.1) is 0 Å². The Morgan fingerprint density at radius 3 is 2.23 bits per heavy atom. The standard InChI is InChI=1S/C46H62N4O10S/c1-32-13-16-39(17-14-32)61(55,56)58-25-24-57-38-12-8-10-34(27-38)36-26-37(30-47-29-36)40(28-42(52)59-45(2,3)4)48-43(53)35-11-9-21-50(31-35)41(51)18-15-33-19-22-49(23-20-33)44(54)60-46(5,6)7/h8,10,12-14,16-17,26-27,29-30,33,35,40H,9,11,15,18-25,28,31H2,1-7H3,(H,48,53)/t35-,40?/m1/s1. The molecule has 2 aliphatic rings. The minimum absolute atomic E-state index is 0.0142. The molecule has 1 unspecified atom stereocenters. The monoisotopic (exact) mass is 862 g/mol. The molecule has 0 radical (unpaired) electrons. The molecular weight excluding hydrogens is 801 g/mol. The van der Waals surface area contributed by atoms with Crippen molar-refractivity contribution < 1.29 is 46.0 Å². The van der Waals surface area contributed by atoms with Crippen molar-refractivity contribution in [3.05, 3.63) is 78.1 Å². The summed E-state index contributed by atoms with van der Waals surface area (Å²) < 4.78 is 47.3. The van der Waals surface area contributed by atoms with E-state index in [0.717, 1.165) is 30.4 Å². The van der Waals surface area contributed by atoms with Crippen molar-refractivity contribution in [1.29, 1.82) is 0 Å². The Labute approximate surface area is 360 Å². The van der Waals surface area contributed by atoms with E-state index >= 15 is 0 Å². The zero-order valence-corrected chi connectivity index (χ0v) is 37.4. The number of aromatic nitrogens is 1. The number of likely N-dealkylation sites (tertiary alicyclic amines) is 2. The van der Waals surface area contributed by atoms with Crippen LogP contribution in [0.1, 0.15) is 104 Å². The number of amides is 3. The highest BCUT2D eigenvalue weighted by Gasteiger charge is 2.33. The molecule has 3 aromatic rings. The second-order valence-electron chi connectivity index (χ2n) is 18.0. The van der Waals surface area contributed by atoms with Crippen LogP contribution in [-0.4, -0.2) is 97.7 Å². The molecule has 2 aromatic carbocycles. The molecule has 1 aromatic heterocycles. The number of ether oxygens (including phenoxy) is 3. The van der Waals surface area contributed by atoms with Crippen LogP contribution < -0.4 is 10.1 Å². The van der Waals surface area contributed by atoms with Gasteiger partial charge in [0.25, 0.3) is 10.1 Å². The maximum atomic E-state index is 13.9. The van der Waals surface area contributed by atoms with Crippen LogP contribution in [-0.2, 0) is 38.2 Å². The van der Waals surface area contributed by atoms with Crippen molar-refractivity contribution in [3.8, 4) is 16.9 Å². The van der Waals surface area contributed by atoms with E-state index in [0.29, 0.717) is 61.7 Å². The Morgan fingerprint density at radius 2 is 1.54 bits per heavy atom. The van der Waals surface area contributed by atoms with Crippen molar-refractivity contribution in [1.82, 2.24) is 20.1 Å². The fourth-order valence-electron chi connectivity index (χ4n) is 7.37. The van der Waals surface area contributed by atoms with Crippen LogP contribution in [0, 0.1) is 18.8 Å². The third kappa shape index (κ3) is 14.8. The largest absolute Gasteiger partial charge is 0.491 e. The van der Waals surface area contributed by atoms with Gasteiger partial charge in [-0.3, -0.25) is 23.6 Å². The Morgan fingerprint density at radius 1 is 0.836 bits per heavy atom. The molecular formula is C46H62N4O10S. The first kappa shape index (κ1) is 47.0. The minimum Gasteiger partial charge on any atom is -0.491 e. The lowest BCUT2D eigenvalue weighted by atomic mass is 9.91. The van der Waals surface area contributed by atoms with Crippen molar-refractivity contribution in [2.24, 2.45) is 11.8 Å². The molecule has 1 N–H and O–H groups in total. The SMILES string of the molecule is Cc1ccc(S(=O)(=O)OCCOc2cccc(-c3cncc(C(CC(=O)OC(C)(C)C)NC(=O)[C@@H]4CCCN(C(=O)CCC5CCN(C(=O)OC(C)(C)C)CC5)C4)c3)c2)cc1. The lowest BCUT2D eigenvalue weighted by Crippen LogP contribution is -2.46. The number of piperidine rings is 2. The smallest absolute Gasteiger partial charge is 0.410 e. The first-order chi connectivity index (χ1) is 28.7. The summed E-state index contributed by atoms with van der Waals surface area (Å²) in [6, 6.07) is 14.7. The Bertz CT molecular complexity index is 2090. The second kappa shape index (κ2) is 20.7. The number of rotatable bonds is 15. The van der Waals surface area contributed by atoms with Gasteiger partial charge in [-0.25, -0.2) is 4.79 Å². The number of benzene rings is 2. The normalized spacial score (nSPS) is 17.0. The van der Waals surface area contributed by atoms with E-state index in [4.69, 9.17) is 18.4 Å². The number of nitrogens with one attached hydrogen (secondary N) is 1. The summed E-state index contributed by atoms with van der Waals surface area (Å²) in [7, 11) is -3.93. The van der Waals surface area contributed by atoms with Crippen molar-refractivity contribution in [3.63, 3.8) is 0 Å². The van der Waals surface area contributed by atoms with Crippen LogP contribution in [0.3, 0.4) is 0 Å². The second-order valence-corrected chi connectivity index (χ2v) is 19.6. The molecule has 5 rings (SSSR count). The highest BCUT2D eigenvalue weighted by atomic mass is 32.2. The summed E-state index contributed by atoms with van der Waals surface area (Å²) in [6.07, 6.45) is 6.84. The molecule has 15 heteroatoms. The molecule has 2 atom stereocenters. The highest BCUT2D eigenvalue weighted by molar-refractivity contribution is 7.86. The minimum atomic E-state index is -3.93. The van der Waals surface area contributed by atoms with E-state index in [1.54, 1.807) is 73.3 Å². The Kier molecular flexibility index (Phi) is 16.0. The van der Waals surface area contributed by atoms with E-state index < -0.39 is 39.2 Å². The molecule has 0 aliphatic carbocycles. The van der Waals surface area contributed by atoms with Gasteiger partial charge in [0.05, 0.1) is 23.3 Å². The van der Waals surface area contributed by atoms with Gasteiger partial charge in [-0.1, -0.05) is 29.8 Å². The zero-order valence-electron chi connectivity index (χ0n) is 36.6. The van der Waals surface area contributed by atoms with Gasteiger partial charge in [0, 0.05) is 50.6 Å².